The van der Waals surface area contributed by atoms with E-state index in [1.54, 1.807) is 11.8 Å². The lowest BCUT2D eigenvalue weighted by Crippen LogP contribution is -2.34. The van der Waals surface area contributed by atoms with Gasteiger partial charge < -0.3 is 5.32 Å². The van der Waals surface area contributed by atoms with E-state index in [2.05, 4.69) is 79.8 Å². The van der Waals surface area contributed by atoms with Gasteiger partial charge in [-0.2, -0.15) is 0 Å². The Labute approximate surface area is 166 Å². The molecule has 0 aliphatic rings. The van der Waals surface area contributed by atoms with Gasteiger partial charge in [0.2, 0.25) is 5.91 Å². The number of amides is 1. The normalized spacial score (nSPS) is 13.0. The standard InChI is InChI=1S/C24H25NOS/c1-17-9-13-21(14-10-17)23(20-7-5-4-6-8-20)25-24(26)19(3)27-22-15-11-18(2)12-16-22/h4-16,19,23H,1-3H3,(H,25,26). The monoisotopic (exact) mass is 375 g/mol. The number of benzene rings is 3. The second-order valence-corrected chi connectivity index (χ2v) is 8.25. The van der Waals surface area contributed by atoms with Crippen LogP contribution in [0.2, 0.25) is 0 Å². The Balaban J connectivity index is 1.77. The fourth-order valence-corrected chi connectivity index (χ4v) is 3.77. The van der Waals surface area contributed by atoms with Crippen LogP contribution in [0.1, 0.15) is 35.2 Å². The maximum atomic E-state index is 12.9. The van der Waals surface area contributed by atoms with Crippen molar-refractivity contribution in [3.63, 3.8) is 0 Å². The van der Waals surface area contributed by atoms with Gasteiger partial charge in [-0.15, -0.1) is 11.8 Å². The van der Waals surface area contributed by atoms with E-state index >= 15 is 0 Å². The first-order valence-corrected chi connectivity index (χ1v) is 10.1. The van der Waals surface area contributed by atoms with Crippen LogP contribution in [0.3, 0.4) is 0 Å². The molecule has 0 spiro atoms. The second-order valence-electron chi connectivity index (χ2n) is 6.84. The van der Waals surface area contributed by atoms with Crippen molar-refractivity contribution < 1.29 is 4.79 Å². The van der Waals surface area contributed by atoms with E-state index in [0.717, 1.165) is 16.0 Å². The van der Waals surface area contributed by atoms with Crippen LogP contribution in [0.15, 0.2) is 83.8 Å². The predicted molar refractivity (Wildman–Crippen MR) is 114 cm³/mol. The molecule has 3 heteroatoms. The fraction of sp³-hybridized carbons (Fsp3) is 0.208. The Hall–Kier alpha value is -2.52. The molecule has 1 amide bonds. The van der Waals surface area contributed by atoms with Crippen LogP contribution in [0, 0.1) is 13.8 Å². The number of carbonyl (C=O) groups is 1. The second kappa shape index (κ2) is 8.92. The number of thioether (sulfide) groups is 1. The number of rotatable bonds is 6. The molecule has 0 aliphatic heterocycles. The van der Waals surface area contributed by atoms with E-state index in [1.807, 2.05) is 25.1 Å². The third-order valence-electron chi connectivity index (χ3n) is 4.53. The summed E-state index contributed by atoms with van der Waals surface area (Å²) in [7, 11) is 0. The lowest BCUT2D eigenvalue weighted by Gasteiger charge is -2.22. The van der Waals surface area contributed by atoms with E-state index in [1.165, 1.54) is 11.1 Å². The maximum absolute atomic E-state index is 12.9. The molecule has 3 aromatic rings. The smallest absolute Gasteiger partial charge is 0.233 e. The van der Waals surface area contributed by atoms with Gasteiger partial charge in [-0.3, -0.25) is 4.79 Å². The summed E-state index contributed by atoms with van der Waals surface area (Å²) in [5.74, 6) is 0.0370. The zero-order chi connectivity index (χ0) is 19.2. The minimum atomic E-state index is -0.177. The van der Waals surface area contributed by atoms with Gasteiger partial charge >= 0.3 is 0 Å². The highest BCUT2D eigenvalue weighted by Crippen LogP contribution is 2.26. The Bertz CT molecular complexity index is 873. The average Bonchev–Trinajstić information content (AvgIpc) is 2.69. The molecule has 2 atom stereocenters. The Morgan fingerprint density at radius 1 is 0.778 bits per heavy atom. The zero-order valence-electron chi connectivity index (χ0n) is 16.0. The summed E-state index contributed by atoms with van der Waals surface area (Å²) in [5, 5.41) is 3.06. The zero-order valence-corrected chi connectivity index (χ0v) is 16.8. The maximum Gasteiger partial charge on any atom is 0.233 e. The molecule has 3 rings (SSSR count). The van der Waals surface area contributed by atoms with Crippen LogP contribution < -0.4 is 5.32 Å². The van der Waals surface area contributed by atoms with Gasteiger partial charge in [0.15, 0.2) is 0 Å². The quantitative estimate of drug-likeness (QED) is 0.561. The molecular weight excluding hydrogens is 350 g/mol. The molecule has 0 fully saturated rings. The number of aryl methyl sites for hydroxylation is 2. The molecule has 0 bridgehead atoms. The lowest BCUT2D eigenvalue weighted by molar-refractivity contribution is -0.120. The van der Waals surface area contributed by atoms with Gasteiger partial charge in [-0.25, -0.2) is 0 Å². The van der Waals surface area contributed by atoms with Gasteiger partial charge in [0.05, 0.1) is 11.3 Å². The van der Waals surface area contributed by atoms with E-state index in [4.69, 9.17) is 0 Å². The van der Waals surface area contributed by atoms with Crippen LogP contribution >= 0.6 is 11.8 Å². The third-order valence-corrected chi connectivity index (χ3v) is 5.65. The summed E-state index contributed by atoms with van der Waals surface area (Å²) < 4.78 is 0. The van der Waals surface area contributed by atoms with E-state index in [0.29, 0.717) is 0 Å². The molecule has 27 heavy (non-hydrogen) atoms. The van der Waals surface area contributed by atoms with Crippen LogP contribution in [0.25, 0.3) is 0 Å². The van der Waals surface area contributed by atoms with Crippen molar-refractivity contribution in [1.82, 2.24) is 5.32 Å². The van der Waals surface area contributed by atoms with Gasteiger partial charge in [-0.1, -0.05) is 77.9 Å². The molecule has 0 aromatic heterocycles. The SMILES string of the molecule is Cc1ccc(SC(C)C(=O)NC(c2ccccc2)c2ccc(C)cc2)cc1. The third kappa shape index (κ3) is 5.24. The van der Waals surface area contributed by atoms with Crippen molar-refractivity contribution in [2.75, 3.05) is 0 Å². The lowest BCUT2D eigenvalue weighted by atomic mass is 9.97. The summed E-state index contributed by atoms with van der Waals surface area (Å²) in [5.41, 5.74) is 4.61. The summed E-state index contributed by atoms with van der Waals surface area (Å²) in [6.45, 7) is 6.09. The first-order chi connectivity index (χ1) is 13.0. The molecule has 0 aliphatic carbocycles. The molecule has 0 saturated carbocycles. The summed E-state index contributed by atoms with van der Waals surface area (Å²) in [6, 6.07) is 26.6. The number of hydrogen-bond donors (Lipinski definition) is 1. The molecule has 0 saturated heterocycles. The largest absolute Gasteiger partial charge is 0.344 e. The predicted octanol–water partition coefficient (Wildman–Crippen LogP) is 5.69. The van der Waals surface area contributed by atoms with Gasteiger partial charge in [0, 0.05) is 4.90 Å². The number of hydrogen-bond acceptors (Lipinski definition) is 2. The van der Waals surface area contributed by atoms with E-state index in [9.17, 15) is 4.79 Å². The Morgan fingerprint density at radius 2 is 1.30 bits per heavy atom. The molecule has 0 radical (unpaired) electrons. The summed E-state index contributed by atoms with van der Waals surface area (Å²) in [4.78, 5) is 14.0. The van der Waals surface area contributed by atoms with Crippen molar-refractivity contribution in [3.8, 4) is 0 Å². The molecular formula is C24H25NOS. The van der Waals surface area contributed by atoms with Crippen molar-refractivity contribution in [3.05, 3.63) is 101 Å². The van der Waals surface area contributed by atoms with Crippen molar-refractivity contribution in [2.24, 2.45) is 0 Å². The Kier molecular flexibility index (Phi) is 6.36. The van der Waals surface area contributed by atoms with Gasteiger partial charge in [-0.05, 0) is 44.0 Å². The van der Waals surface area contributed by atoms with Crippen LogP contribution in [0.4, 0.5) is 0 Å². The van der Waals surface area contributed by atoms with Crippen molar-refractivity contribution in [1.29, 1.82) is 0 Å². The molecule has 3 aromatic carbocycles. The first-order valence-electron chi connectivity index (χ1n) is 9.18. The van der Waals surface area contributed by atoms with Gasteiger partial charge in [0.1, 0.15) is 0 Å². The van der Waals surface area contributed by atoms with Crippen molar-refractivity contribution in [2.45, 2.75) is 37.0 Å². The molecule has 2 unspecified atom stereocenters. The highest BCUT2D eigenvalue weighted by atomic mass is 32.2. The van der Waals surface area contributed by atoms with E-state index < -0.39 is 0 Å². The van der Waals surface area contributed by atoms with Crippen molar-refractivity contribution >= 4 is 17.7 Å². The van der Waals surface area contributed by atoms with Crippen LogP contribution in [0.5, 0.6) is 0 Å². The molecule has 1 N–H and O–H groups in total. The first kappa shape index (κ1) is 19.2. The molecule has 0 heterocycles. The van der Waals surface area contributed by atoms with Crippen LogP contribution in [-0.4, -0.2) is 11.2 Å². The number of carbonyl (C=O) groups excluding carboxylic acids is 1. The van der Waals surface area contributed by atoms with E-state index in [-0.39, 0.29) is 17.2 Å². The highest BCUT2D eigenvalue weighted by molar-refractivity contribution is 8.00. The molecule has 2 nitrogen and oxygen atoms in total. The molecule has 138 valence electrons. The topological polar surface area (TPSA) is 29.1 Å². The average molecular weight is 376 g/mol. The highest BCUT2D eigenvalue weighted by Gasteiger charge is 2.21. The fourth-order valence-electron chi connectivity index (χ4n) is 2.90. The van der Waals surface area contributed by atoms with Crippen LogP contribution in [-0.2, 0) is 4.79 Å². The van der Waals surface area contributed by atoms with Gasteiger partial charge in [0.25, 0.3) is 0 Å². The summed E-state index contributed by atoms with van der Waals surface area (Å²) >= 11 is 1.58. The minimum absolute atomic E-state index is 0.0370. The Morgan fingerprint density at radius 3 is 1.89 bits per heavy atom. The summed E-state index contributed by atoms with van der Waals surface area (Å²) in [6.07, 6.45) is 0. The minimum Gasteiger partial charge on any atom is -0.344 e. The number of nitrogens with one attached hydrogen (secondary N) is 1.